The van der Waals surface area contributed by atoms with Gasteiger partial charge in [0.15, 0.2) is 0 Å². The lowest BCUT2D eigenvalue weighted by molar-refractivity contribution is 0.382. The van der Waals surface area contributed by atoms with Crippen LogP contribution in [0.4, 0.5) is 0 Å². The van der Waals surface area contributed by atoms with Gasteiger partial charge in [0.05, 0.1) is 0 Å². The Labute approximate surface area is 70.0 Å². The maximum absolute atomic E-state index is 3.42. The third kappa shape index (κ3) is 1.94. The predicted molar refractivity (Wildman–Crippen MR) is 48.7 cm³/mol. The van der Waals surface area contributed by atoms with Gasteiger partial charge in [-0.25, -0.2) is 0 Å². The predicted octanol–water partition coefficient (Wildman–Crippen LogP) is 0.794. The molecule has 2 heterocycles. The van der Waals surface area contributed by atoms with Crippen molar-refractivity contribution in [3.63, 3.8) is 0 Å². The van der Waals surface area contributed by atoms with E-state index in [4.69, 9.17) is 0 Å². The van der Waals surface area contributed by atoms with Gasteiger partial charge in [0.1, 0.15) is 0 Å². The summed E-state index contributed by atoms with van der Waals surface area (Å²) in [5.74, 6) is 1.94. The summed E-state index contributed by atoms with van der Waals surface area (Å²) in [5, 5.41) is 3.42. The second-order valence-electron chi connectivity index (χ2n) is 3.40. The number of rotatable bonds is 0. The van der Waals surface area contributed by atoms with Crippen LogP contribution in [0.2, 0.25) is 0 Å². The topological polar surface area (TPSA) is 15.3 Å². The lowest BCUT2D eigenvalue weighted by Gasteiger charge is -2.07. The van der Waals surface area contributed by atoms with Crippen molar-refractivity contribution in [3.05, 3.63) is 0 Å². The Morgan fingerprint density at radius 1 is 1.09 bits per heavy atom. The maximum Gasteiger partial charge on any atom is 0.00225 e. The highest BCUT2D eigenvalue weighted by Gasteiger charge is 2.33. The summed E-state index contributed by atoms with van der Waals surface area (Å²) in [6, 6.07) is 0. The Hall–Kier alpha value is -0.0800. The summed E-state index contributed by atoms with van der Waals surface area (Å²) in [6.45, 7) is 9.15. The summed E-state index contributed by atoms with van der Waals surface area (Å²) in [4.78, 5) is 2.44. The molecule has 2 nitrogen and oxygen atoms in total. The highest BCUT2D eigenvalue weighted by Crippen LogP contribution is 2.24. The van der Waals surface area contributed by atoms with Crippen LogP contribution < -0.4 is 5.32 Å². The first-order valence-electron chi connectivity index (χ1n) is 4.75. The minimum Gasteiger partial charge on any atom is -0.316 e. The fourth-order valence-corrected chi connectivity index (χ4v) is 2.09. The number of fused-ring (bicyclic) bond motifs is 1. The molecule has 66 valence electrons. The zero-order valence-corrected chi connectivity index (χ0v) is 7.93. The summed E-state index contributed by atoms with van der Waals surface area (Å²) >= 11 is 0. The zero-order valence-electron chi connectivity index (χ0n) is 7.93. The van der Waals surface area contributed by atoms with E-state index in [-0.39, 0.29) is 0 Å². The first-order chi connectivity index (χ1) is 5.36. The number of likely N-dealkylation sites (tertiary alicyclic amines) is 1. The first kappa shape index (κ1) is 9.01. The molecule has 0 aromatic carbocycles. The molecule has 1 N–H and O–H groups in total. The Bertz CT molecular complexity index is 102. The molecule has 0 radical (unpaired) electrons. The maximum atomic E-state index is 3.42. The van der Waals surface area contributed by atoms with Gasteiger partial charge >= 0.3 is 0 Å². The molecular weight excluding hydrogens is 136 g/mol. The average Bonchev–Trinajstić information content (AvgIpc) is 2.51. The van der Waals surface area contributed by atoms with Gasteiger partial charge in [-0.3, -0.25) is 0 Å². The molecule has 0 spiro atoms. The molecule has 0 aliphatic carbocycles. The van der Waals surface area contributed by atoms with Crippen LogP contribution in [0, 0.1) is 11.8 Å². The van der Waals surface area contributed by atoms with E-state index in [0.717, 1.165) is 11.8 Å². The Kier molecular flexibility index (Phi) is 3.34. The van der Waals surface area contributed by atoms with E-state index in [2.05, 4.69) is 17.3 Å². The van der Waals surface area contributed by atoms with Gasteiger partial charge in [-0.05, 0) is 32.0 Å². The van der Waals surface area contributed by atoms with Gasteiger partial charge in [0.2, 0.25) is 0 Å². The standard InChI is InChI=1S/C7H14N2.C2H6/c1-9-4-6-2-8-3-7(6)5-9;1-2/h6-8H,2-5H2,1H3;1-2H3. The molecule has 2 unspecified atom stereocenters. The fourth-order valence-electron chi connectivity index (χ4n) is 2.09. The smallest absolute Gasteiger partial charge is 0.00225 e. The van der Waals surface area contributed by atoms with Crippen molar-refractivity contribution in [2.75, 3.05) is 33.2 Å². The minimum atomic E-state index is 0.968. The summed E-state index contributed by atoms with van der Waals surface area (Å²) in [6.07, 6.45) is 0. The Balaban J connectivity index is 0.000000281. The molecule has 2 aliphatic rings. The van der Waals surface area contributed by atoms with E-state index in [9.17, 15) is 0 Å². The summed E-state index contributed by atoms with van der Waals surface area (Å²) < 4.78 is 0. The van der Waals surface area contributed by atoms with Crippen LogP contribution in [0.1, 0.15) is 13.8 Å². The molecule has 0 aromatic rings. The van der Waals surface area contributed by atoms with Crippen LogP contribution in [0.25, 0.3) is 0 Å². The van der Waals surface area contributed by atoms with E-state index >= 15 is 0 Å². The van der Waals surface area contributed by atoms with E-state index in [1.54, 1.807) is 0 Å². The highest BCUT2D eigenvalue weighted by atomic mass is 15.2. The van der Waals surface area contributed by atoms with E-state index < -0.39 is 0 Å². The van der Waals surface area contributed by atoms with Gasteiger partial charge < -0.3 is 10.2 Å². The van der Waals surface area contributed by atoms with Gasteiger partial charge in [-0.15, -0.1) is 0 Å². The SMILES string of the molecule is CC.CN1CC2CNCC2C1. The number of hydrogen-bond donors (Lipinski definition) is 1. The molecular formula is C9H20N2. The molecule has 2 atom stereocenters. The van der Waals surface area contributed by atoms with Crippen molar-refractivity contribution >= 4 is 0 Å². The van der Waals surface area contributed by atoms with Crippen molar-refractivity contribution in [1.82, 2.24) is 10.2 Å². The van der Waals surface area contributed by atoms with Gasteiger partial charge in [-0.1, -0.05) is 13.8 Å². The lowest BCUT2D eigenvalue weighted by Crippen LogP contribution is -2.21. The van der Waals surface area contributed by atoms with Crippen LogP contribution in [-0.4, -0.2) is 38.1 Å². The van der Waals surface area contributed by atoms with Crippen molar-refractivity contribution in [3.8, 4) is 0 Å². The van der Waals surface area contributed by atoms with E-state index in [1.807, 2.05) is 13.8 Å². The van der Waals surface area contributed by atoms with E-state index in [1.165, 1.54) is 26.2 Å². The Morgan fingerprint density at radius 2 is 1.55 bits per heavy atom. The average molecular weight is 156 g/mol. The molecule has 0 amide bonds. The molecule has 2 rings (SSSR count). The highest BCUT2D eigenvalue weighted by molar-refractivity contribution is 4.89. The molecule has 11 heavy (non-hydrogen) atoms. The molecule has 0 bridgehead atoms. The monoisotopic (exact) mass is 156 g/mol. The molecule has 2 fully saturated rings. The van der Waals surface area contributed by atoms with Crippen LogP contribution in [0.3, 0.4) is 0 Å². The Morgan fingerprint density at radius 3 is 2.00 bits per heavy atom. The van der Waals surface area contributed by atoms with Crippen LogP contribution in [0.15, 0.2) is 0 Å². The number of nitrogens with one attached hydrogen (secondary N) is 1. The summed E-state index contributed by atoms with van der Waals surface area (Å²) in [7, 11) is 2.22. The molecule has 0 saturated carbocycles. The van der Waals surface area contributed by atoms with Crippen LogP contribution in [-0.2, 0) is 0 Å². The molecule has 2 heteroatoms. The van der Waals surface area contributed by atoms with Crippen molar-refractivity contribution in [1.29, 1.82) is 0 Å². The quantitative estimate of drug-likeness (QED) is 0.558. The number of hydrogen-bond acceptors (Lipinski definition) is 2. The minimum absolute atomic E-state index is 0.968. The van der Waals surface area contributed by atoms with Crippen molar-refractivity contribution < 1.29 is 0 Å². The third-order valence-corrected chi connectivity index (χ3v) is 2.57. The van der Waals surface area contributed by atoms with Crippen molar-refractivity contribution in [2.45, 2.75) is 13.8 Å². The zero-order chi connectivity index (χ0) is 8.27. The molecule has 2 aliphatic heterocycles. The normalized spacial score (nSPS) is 36.3. The largest absolute Gasteiger partial charge is 0.316 e. The van der Waals surface area contributed by atoms with E-state index in [0.29, 0.717) is 0 Å². The van der Waals surface area contributed by atoms with Crippen molar-refractivity contribution in [2.24, 2.45) is 11.8 Å². The second-order valence-corrected chi connectivity index (χ2v) is 3.40. The van der Waals surface area contributed by atoms with Gasteiger partial charge in [0, 0.05) is 13.1 Å². The first-order valence-corrected chi connectivity index (χ1v) is 4.75. The third-order valence-electron chi connectivity index (χ3n) is 2.57. The summed E-state index contributed by atoms with van der Waals surface area (Å²) in [5.41, 5.74) is 0. The number of nitrogens with zero attached hydrogens (tertiary/aromatic N) is 1. The van der Waals surface area contributed by atoms with Gasteiger partial charge in [-0.2, -0.15) is 0 Å². The molecule has 0 aromatic heterocycles. The second kappa shape index (κ2) is 4.07. The lowest BCUT2D eigenvalue weighted by atomic mass is 10.0. The van der Waals surface area contributed by atoms with Gasteiger partial charge in [0.25, 0.3) is 0 Å². The molecule has 2 saturated heterocycles. The van der Waals surface area contributed by atoms with Crippen LogP contribution in [0.5, 0.6) is 0 Å². The fraction of sp³-hybridized carbons (Fsp3) is 1.00. The van der Waals surface area contributed by atoms with Crippen LogP contribution >= 0.6 is 0 Å².